The monoisotopic (exact) mass is 1040 g/mol. The van der Waals surface area contributed by atoms with Crippen LogP contribution >= 0.6 is 0 Å². The van der Waals surface area contributed by atoms with Crippen molar-refractivity contribution in [2.45, 2.75) is 322 Å². The molecule has 1 atom stereocenters. The van der Waals surface area contributed by atoms with Crippen LogP contribution in [0, 0.1) is 0 Å². The fourth-order valence-electron chi connectivity index (χ4n) is 9.11. The molecule has 0 aliphatic rings. The molecule has 0 radical (unpaired) electrons. The Balaban J connectivity index is 4.29. The molecule has 6 nitrogen and oxygen atoms in total. The zero-order chi connectivity index (χ0) is 54.3. The summed E-state index contributed by atoms with van der Waals surface area (Å²) in [5.41, 5.74) is 0. The van der Waals surface area contributed by atoms with Gasteiger partial charge < -0.3 is 14.2 Å². The Morgan fingerprint density at radius 3 is 0.867 bits per heavy atom. The van der Waals surface area contributed by atoms with Crippen LogP contribution in [0.4, 0.5) is 0 Å². The number of allylic oxidation sites excluding steroid dienone is 14. The quantitative estimate of drug-likeness (QED) is 0.0261. The molecule has 0 aromatic rings. The first-order valence-corrected chi connectivity index (χ1v) is 32.1. The lowest BCUT2D eigenvalue weighted by Gasteiger charge is -2.18. The van der Waals surface area contributed by atoms with Gasteiger partial charge in [0.2, 0.25) is 0 Å². The molecule has 0 saturated heterocycles. The van der Waals surface area contributed by atoms with Crippen molar-refractivity contribution in [3.63, 3.8) is 0 Å². The van der Waals surface area contributed by atoms with Crippen molar-refractivity contribution in [3.8, 4) is 0 Å². The lowest BCUT2D eigenvalue weighted by Crippen LogP contribution is -2.30. The summed E-state index contributed by atoms with van der Waals surface area (Å²) in [5, 5.41) is 0. The van der Waals surface area contributed by atoms with Crippen molar-refractivity contribution < 1.29 is 28.6 Å². The van der Waals surface area contributed by atoms with Gasteiger partial charge in [0.05, 0.1) is 0 Å². The lowest BCUT2D eigenvalue weighted by atomic mass is 10.0. The Kier molecular flexibility index (Phi) is 60.3. The highest BCUT2D eigenvalue weighted by molar-refractivity contribution is 5.71. The maximum atomic E-state index is 12.8. The predicted octanol–water partition coefficient (Wildman–Crippen LogP) is 21.9. The molecule has 0 aromatic heterocycles. The van der Waals surface area contributed by atoms with Crippen LogP contribution in [0.1, 0.15) is 316 Å². The van der Waals surface area contributed by atoms with E-state index in [0.29, 0.717) is 19.3 Å². The number of hydrogen-bond donors (Lipinski definition) is 0. The van der Waals surface area contributed by atoms with Crippen molar-refractivity contribution in [1.82, 2.24) is 0 Å². The summed E-state index contributed by atoms with van der Waals surface area (Å²) in [7, 11) is 0. The molecule has 0 amide bonds. The Labute approximate surface area is 465 Å². The third-order valence-electron chi connectivity index (χ3n) is 13.9. The van der Waals surface area contributed by atoms with Gasteiger partial charge >= 0.3 is 17.9 Å². The fourth-order valence-corrected chi connectivity index (χ4v) is 9.11. The molecule has 0 aromatic carbocycles. The van der Waals surface area contributed by atoms with Crippen molar-refractivity contribution in [2.24, 2.45) is 0 Å². The smallest absolute Gasteiger partial charge is 0.306 e. The Morgan fingerprint density at radius 1 is 0.280 bits per heavy atom. The Hall–Kier alpha value is -3.41. The minimum Gasteiger partial charge on any atom is -0.462 e. The van der Waals surface area contributed by atoms with Gasteiger partial charge in [-0.3, -0.25) is 14.4 Å². The van der Waals surface area contributed by atoms with Gasteiger partial charge in [0, 0.05) is 19.3 Å². The molecule has 0 bridgehead atoms. The molecule has 0 aliphatic carbocycles. The number of carbonyl (C=O) groups excluding carboxylic acids is 3. The number of hydrogen-bond acceptors (Lipinski definition) is 6. The van der Waals surface area contributed by atoms with Crippen molar-refractivity contribution >= 4 is 17.9 Å². The second-order valence-electron chi connectivity index (χ2n) is 21.3. The number of rotatable bonds is 58. The van der Waals surface area contributed by atoms with Gasteiger partial charge in [-0.25, -0.2) is 0 Å². The summed E-state index contributed by atoms with van der Waals surface area (Å²) in [5.74, 6) is -0.978. The van der Waals surface area contributed by atoms with Crippen molar-refractivity contribution in [3.05, 3.63) is 85.1 Å². The fraction of sp³-hybridized carbons (Fsp3) is 0.754. The molecule has 0 spiro atoms. The van der Waals surface area contributed by atoms with E-state index in [1.54, 1.807) is 0 Å². The summed E-state index contributed by atoms with van der Waals surface area (Å²) < 4.78 is 16.8. The van der Waals surface area contributed by atoms with Crippen LogP contribution in [0.2, 0.25) is 0 Å². The Bertz CT molecular complexity index is 1430. The summed E-state index contributed by atoms with van der Waals surface area (Å²) in [6.45, 7) is 6.49. The summed E-state index contributed by atoms with van der Waals surface area (Å²) in [6, 6.07) is 0. The number of ether oxygens (including phenoxy) is 3. The van der Waals surface area contributed by atoms with Crippen LogP contribution in [-0.4, -0.2) is 37.2 Å². The van der Waals surface area contributed by atoms with Crippen molar-refractivity contribution in [2.75, 3.05) is 13.2 Å². The molecule has 0 fully saturated rings. The Morgan fingerprint density at radius 2 is 0.547 bits per heavy atom. The van der Waals surface area contributed by atoms with Gasteiger partial charge in [0.1, 0.15) is 13.2 Å². The van der Waals surface area contributed by atoms with Crippen LogP contribution in [0.15, 0.2) is 85.1 Å². The maximum Gasteiger partial charge on any atom is 0.306 e. The van der Waals surface area contributed by atoms with Gasteiger partial charge in [0.15, 0.2) is 6.10 Å². The molecule has 0 N–H and O–H groups in total. The second-order valence-corrected chi connectivity index (χ2v) is 21.3. The van der Waals surface area contributed by atoms with E-state index in [2.05, 4.69) is 99.8 Å². The van der Waals surface area contributed by atoms with Crippen LogP contribution in [0.5, 0.6) is 0 Å². The predicted molar refractivity (Wildman–Crippen MR) is 325 cm³/mol. The zero-order valence-electron chi connectivity index (χ0n) is 49.6. The van der Waals surface area contributed by atoms with Crippen LogP contribution in [-0.2, 0) is 28.6 Å². The van der Waals surface area contributed by atoms with E-state index in [1.807, 2.05) is 6.08 Å². The molecule has 432 valence electrons. The highest BCUT2D eigenvalue weighted by Gasteiger charge is 2.19. The third-order valence-corrected chi connectivity index (χ3v) is 13.9. The SMILES string of the molecule is CC/C=C\C/C=C\C/C=C\C/C=C\C/C=C\C/C=C\CCC(=O)OC(COC(=O)CCCCCCCCCCCCC)COC(=O)CCCCCCCCCCCCCCCCC/C=C\CCCCCCCCCC. The first-order chi connectivity index (χ1) is 37.0. The van der Waals surface area contributed by atoms with Crippen LogP contribution in [0.3, 0.4) is 0 Å². The van der Waals surface area contributed by atoms with Crippen molar-refractivity contribution in [1.29, 1.82) is 0 Å². The molecular weight excluding hydrogens is 925 g/mol. The number of carbonyl (C=O) groups is 3. The van der Waals surface area contributed by atoms with E-state index < -0.39 is 6.10 Å². The molecule has 75 heavy (non-hydrogen) atoms. The summed E-state index contributed by atoms with van der Waals surface area (Å²) >= 11 is 0. The third kappa shape index (κ3) is 61.3. The summed E-state index contributed by atoms with van der Waals surface area (Å²) in [6.07, 6.45) is 83.3. The number of esters is 3. The highest BCUT2D eigenvalue weighted by Crippen LogP contribution is 2.17. The first kappa shape index (κ1) is 71.6. The van der Waals surface area contributed by atoms with E-state index >= 15 is 0 Å². The molecule has 6 heteroatoms. The lowest BCUT2D eigenvalue weighted by molar-refractivity contribution is -0.166. The zero-order valence-corrected chi connectivity index (χ0v) is 49.6. The average Bonchev–Trinajstić information content (AvgIpc) is 3.41. The van der Waals surface area contributed by atoms with Gasteiger partial charge in [-0.15, -0.1) is 0 Å². The van der Waals surface area contributed by atoms with Gasteiger partial charge in [0.25, 0.3) is 0 Å². The van der Waals surface area contributed by atoms with Crippen LogP contribution in [0.25, 0.3) is 0 Å². The average molecular weight is 1050 g/mol. The second kappa shape index (κ2) is 63.1. The molecule has 0 heterocycles. The number of unbranched alkanes of at least 4 members (excludes halogenated alkanes) is 33. The van der Waals surface area contributed by atoms with E-state index in [0.717, 1.165) is 77.0 Å². The van der Waals surface area contributed by atoms with E-state index in [4.69, 9.17) is 14.2 Å². The highest BCUT2D eigenvalue weighted by atomic mass is 16.6. The normalized spacial score (nSPS) is 12.6. The molecule has 0 rings (SSSR count). The van der Waals surface area contributed by atoms with Gasteiger partial charge in [-0.1, -0.05) is 298 Å². The van der Waals surface area contributed by atoms with Gasteiger partial charge in [-0.05, 0) is 83.5 Å². The first-order valence-electron chi connectivity index (χ1n) is 32.1. The minimum absolute atomic E-state index is 0.104. The maximum absolute atomic E-state index is 12.8. The van der Waals surface area contributed by atoms with E-state index in [-0.39, 0.29) is 37.5 Å². The minimum atomic E-state index is -0.815. The van der Waals surface area contributed by atoms with E-state index in [1.165, 1.54) is 193 Å². The van der Waals surface area contributed by atoms with Gasteiger partial charge in [-0.2, -0.15) is 0 Å². The largest absolute Gasteiger partial charge is 0.462 e. The standard InChI is InChI=1S/C69H120O6/c1-4-7-10-13-16-19-22-24-26-28-30-31-32-33-34-35-36-37-39-40-42-44-47-50-53-56-59-62-68(71)74-65-66(64-73-67(70)61-58-55-52-49-46-21-18-15-12-9-6-3)75-69(72)63-60-57-54-51-48-45-43-41-38-29-27-25-23-20-17-14-11-8-5-2/h8,11,17,20,25,27-28,30,38,41,45,48,54,57,66H,4-7,9-10,12-16,18-19,21-24,26,29,31-37,39-40,42-44,46-47,49-53,55-56,58-65H2,1-3H3/b11-8-,20-17-,27-25-,30-28-,41-38-,48-45-,57-54-. The molecular formula is C69H120O6. The molecule has 0 saturated carbocycles. The summed E-state index contributed by atoms with van der Waals surface area (Å²) in [4.78, 5) is 38.2. The van der Waals surface area contributed by atoms with Crippen LogP contribution < -0.4 is 0 Å². The van der Waals surface area contributed by atoms with E-state index in [9.17, 15) is 14.4 Å². The topological polar surface area (TPSA) is 78.9 Å². The molecule has 1 unspecified atom stereocenters. The molecule has 0 aliphatic heterocycles.